The maximum absolute atomic E-state index is 7.68. The van der Waals surface area contributed by atoms with Gasteiger partial charge in [0.05, 0.1) is 0 Å². The van der Waals surface area contributed by atoms with Gasteiger partial charge in [0.2, 0.25) is 0 Å². The van der Waals surface area contributed by atoms with Crippen molar-refractivity contribution in [2.24, 2.45) is 5.41 Å². The number of ether oxygens (including phenoxy) is 1. The SMILES string of the molecule is [2H]N1CCC2(CC1)CCN(C1CCOCC1)CC2. The molecule has 0 aromatic rings. The van der Waals surface area contributed by atoms with Crippen LogP contribution in [-0.4, -0.2) is 50.3 Å². The molecule has 0 radical (unpaired) electrons. The Labute approximate surface area is 106 Å². The third kappa shape index (κ3) is 2.67. The summed E-state index contributed by atoms with van der Waals surface area (Å²) in [6.45, 7) is 6.44. The monoisotopic (exact) mass is 239 g/mol. The van der Waals surface area contributed by atoms with Crippen LogP contribution in [0.1, 0.15) is 38.5 Å². The summed E-state index contributed by atoms with van der Waals surface area (Å²) in [5.74, 6) is 0. The molecule has 3 aliphatic heterocycles. The average Bonchev–Trinajstić information content (AvgIpc) is 2.44. The van der Waals surface area contributed by atoms with Crippen LogP contribution in [0.2, 0.25) is 1.41 Å². The topological polar surface area (TPSA) is 24.5 Å². The van der Waals surface area contributed by atoms with E-state index in [-0.39, 0.29) is 0 Å². The van der Waals surface area contributed by atoms with Crippen LogP contribution in [0.15, 0.2) is 0 Å². The van der Waals surface area contributed by atoms with Gasteiger partial charge in [0, 0.05) is 19.3 Å². The maximum atomic E-state index is 7.68. The van der Waals surface area contributed by atoms with Gasteiger partial charge in [-0.2, -0.15) is 0 Å². The van der Waals surface area contributed by atoms with Crippen LogP contribution >= 0.6 is 0 Å². The fraction of sp³-hybridized carbons (Fsp3) is 1.00. The van der Waals surface area contributed by atoms with Gasteiger partial charge < -0.3 is 14.9 Å². The van der Waals surface area contributed by atoms with Crippen LogP contribution in [0, 0.1) is 5.41 Å². The van der Waals surface area contributed by atoms with Crippen molar-refractivity contribution < 1.29 is 6.15 Å². The molecule has 0 aliphatic carbocycles. The largest absolute Gasteiger partial charge is 0.381 e. The number of likely N-dealkylation sites (tertiary alicyclic amines) is 1. The molecule has 0 aromatic carbocycles. The Morgan fingerprint density at radius 3 is 2.35 bits per heavy atom. The van der Waals surface area contributed by atoms with E-state index in [4.69, 9.17) is 6.15 Å². The van der Waals surface area contributed by atoms with Crippen LogP contribution in [0.3, 0.4) is 0 Å². The first-order chi connectivity index (χ1) is 8.77. The van der Waals surface area contributed by atoms with Crippen molar-refractivity contribution in [1.82, 2.24) is 10.2 Å². The number of hydrogen-bond donors (Lipinski definition) is 1. The third-order valence-electron chi connectivity index (χ3n) is 5.17. The van der Waals surface area contributed by atoms with Crippen LogP contribution in [0.5, 0.6) is 0 Å². The lowest BCUT2D eigenvalue weighted by Gasteiger charge is -2.47. The van der Waals surface area contributed by atoms with Gasteiger partial charge in [-0.15, -0.1) is 0 Å². The van der Waals surface area contributed by atoms with E-state index in [0.29, 0.717) is 5.41 Å². The molecular formula is C14H26N2O. The summed E-state index contributed by atoms with van der Waals surface area (Å²) in [7, 11) is 0. The first-order valence-electron chi connectivity index (χ1n) is 7.78. The second-order valence-electron chi connectivity index (χ2n) is 6.05. The normalized spacial score (nSPS) is 33.8. The fourth-order valence-corrected chi connectivity index (χ4v) is 3.78. The van der Waals surface area contributed by atoms with E-state index >= 15 is 0 Å². The summed E-state index contributed by atoms with van der Waals surface area (Å²) in [6.07, 6.45) is 7.67. The molecule has 3 heterocycles. The summed E-state index contributed by atoms with van der Waals surface area (Å²) in [5, 5.41) is 1.75. The molecule has 98 valence electrons. The van der Waals surface area contributed by atoms with Crippen molar-refractivity contribution in [3.05, 3.63) is 0 Å². The number of nitrogens with one attached hydrogen (secondary N) is 1. The molecule has 0 bridgehead atoms. The summed E-state index contributed by atoms with van der Waals surface area (Å²) in [5.41, 5.74) is 0.583. The number of nitrogens with zero attached hydrogens (tertiary/aromatic N) is 1. The maximum Gasteiger partial charge on any atom is 0.122 e. The minimum atomic E-state index is 0.583. The lowest BCUT2D eigenvalue weighted by atomic mass is 9.71. The third-order valence-corrected chi connectivity index (χ3v) is 5.17. The van der Waals surface area contributed by atoms with E-state index in [1.54, 1.807) is 5.31 Å². The predicted octanol–water partition coefficient (Wildman–Crippen LogP) is 1.63. The highest BCUT2D eigenvalue weighted by molar-refractivity contribution is 4.91. The van der Waals surface area contributed by atoms with Crippen LogP contribution < -0.4 is 5.31 Å². The van der Waals surface area contributed by atoms with Crippen molar-refractivity contribution in [2.45, 2.75) is 44.6 Å². The molecule has 3 saturated heterocycles. The van der Waals surface area contributed by atoms with Crippen LogP contribution in [-0.2, 0) is 4.74 Å². The highest BCUT2D eigenvalue weighted by atomic mass is 16.5. The van der Waals surface area contributed by atoms with Crippen molar-refractivity contribution in [3.63, 3.8) is 0 Å². The Bertz CT molecular complexity index is 263. The summed E-state index contributed by atoms with van der Waals surface area (Å²) in [4.78, 5) is 2.71. The van der Waals surface area contributed by atoms with Gasteiger partial charge in [0.1, 0.15) is 1.41 Å². The van der Waals surface area contributed by atoms with Crippen molar-refractivity contribution >= 4 is 0 Å². The zero-order chi connectivity index (χ0) is 12.4. The van der Waals surface area contributed by atoms with E-state index in [1.165, 1.54) is 51.6 Å². The van der Waals surface area contributed by atoms with Crippen molar-refractivity contribution in [2.75, 3.05) is 39.4 Å². The zero-order valence-corrected chi connectivity index (χ0v) is 10.9. The van der Waals surface area contributed by atoms with E-state index < -0.39 is 0 Å². The van der Waals surface area contributed by atoms with Gasteiger partial charge in [-0.1, -0.05) is 0 Å². The second-order valence-corrected chi connectivity index (χ2v) is 6.05. The minimum absolute atomic E-state index is 0.583. The van der Waals surface area contributed by atoms with Crippen molar-refractivity contribution in [3.8, 4) is 0 Å². The first-order valence-corrected chi connectivity index (χ1v) is 7.33. The van der Waals surface area contributed by atoms with E-state index in [0.717, 1.165) is 32.3 Å². The Balaban J connectivity index is 1.51. The smallest absolute Gasteiger partial charge is 0.122 e. The molecule has 3 heteroatoms. The Morgan fingerprint density at radius 1 is 1.06 bits per heavy atom. The Kier molecular flexibility index (Phi) is 3.33. The zero-order valence-electron chi connectivity index (χ0n) is 11.9. The summed E-state index contributed by atoms with van der Waals surface area (Å²) in [6, 6.07) is 0.785. The molecule has 3 rings (SSSR count). The predicted molar refractivity (Wildman–Crippen MR) is 69.2 cm³/mol. The van der Waals surface area contributed by atoms with Gasteiger partial charge in [-0.25, -0.2) is 0 Å². The number of rotatable bonds is 1. The molecule has 17 heavy (non-hydrogen) atoms. The molecule has 1 spiro atoms. The second kappa shape index (κ2) is 5.25. The summed E-state index contributed by atoms with van der Waals surface area (Å²) < 4.78 is 13.1. The molecule has 0 amide bonds. The molecular weight excluding hydrogens is 212 g/mol. The van der Waals surface area contributed by atoms with Crippen LogP contribution in [0.25, 0.3) is 0 Å². The minimum Gasteiger partial charge on any atom is -0.381 e. The molecule has 1 N–H and O–H groups in total. The molecule has 0 atom stereocenters. The average molecular weight is 239 g/mol. The lowest BCUT2D eigenvalue weighted by Crippen LogP contribution is -2.49. The molecule has 0 aromatic heterocycles. The molecule has 0 unspecified atom stereocenters. The molecule has 3 aliphatic rings. The molecule has 3 nitrogen and oxygen atoms in total. The van der Waals surface area contributed by atoms with Gasteiger partial charge in [-0.3, -0.25) is 0 Å². The lowest BCUT2D eigenvalue weighted by molar-refractivity contribution is -0.00171. The van der Waals surface area contributed by atoms with E-state index in [1.807, 2.05) is 0 Å². The van der Waals surface area contributed by atoms with Gasteiger partial charge >= 0.3 is 0 Å². The number of hydrogen-bond acceptors (Lipinski definition) is 3. The first kappa shape index (κ1) is 10.8. The number of piperidine rings is 2. The van der Waals surface area contributed by atoms with Crippen molar-refractivity contribution in [1.29, 1.82) is 0 Å². The highest BCUT2D eigenvalue weighted by Gasteiger charge is 2.37. The fourth-order valence-electron chi connectivity index (χ4n) is 3.78. The highest BCUT2D eigenvalue weighted by Crippen LogP contribution is 2.40. The quantitative estimate of drug-likeness (QED) is 0.753. The summed E-state index contributed by atoms with van der Waals surface area (Å²) >= 11 is 0. The van der Waals surface area contributed by atoms with Crippen LogP contribution in [0.4, 0.5) is 0 Å². The van der Waals surface area contributed by atoms with Gasteiger partial charge in [0.25, 0.3) is 0 Å². The van der Waals surface area contributed by atoms with Gasteiger partial charge in [-0.05, 0) is 70.1 Å². The molecule has 3 fully saturated rings. The van der Waals surface area contributed by atoms with E-state index in [9.17, 15) is 0 Å². The van der Waals surface area contributed by atoms with Gasteiger partial charge in [0.15, 0.2) is 0 Å². The standard InChI is InChI=1S/C14H26N2O/c1-11-17-12-2-13(1)16-9-5-14(6-10-16)3-7-15-8-4-14/h13,15H,1-12H2/i/hD. The van der Waals surface area contributed by atoms with E-state index in [2.05, 4.69) is 4.90 Å². The Hall–Kier alpha value is -0.120. The molecule has 0 saturated carbocycles. The Morgan fingerprint density at radius 2 is 1.71 bits per heavy atom.